The Morgan fingerprint density at radius 1 is 1.50 bits per heavy atom. The molecule has 84 valence electrons. The number of benzene rings is 1. The van der Waals surface area contributed by atoms with E-state index in [0.29, 0.717) is 5.71 Å². The van der Waals surface area contributed by atoms with Gasteiger partial charge in [-0.2, -0.15) is 0 Å². The third kappa shape index (κ3) is 1.95. The minimum absolute atomic E-state index is 0.282. The van der Waals surface area contributed by atoms with Crippen LogP contribution in [0.3, 0.4) is 0 Å². The Labute approximate surface area is 101 Å². The lowest BCUT2D eigenvalue weighted by molar-refractivity contribution is -0.160. The molecule has 0 saturated carbocycles. The summed E-state index contributed by atoms with van der Waals surface area (Å²) in [6.07, 6.45) is 0.282. The van der Waals surface area contributed by atoms with E-state index in [-0.39, 0.29) is 6.42 Å². The first-order valence-corrected chi connectivity index (χ1v) is 5.55. The van der Waals surface area contributed by atoms with Crippen LogP contribution in [0.1, 0.15) is 18.9 Å². The summed E-state index contributed by atoms with van der Waals surface area (Å²) in [6, 6.07) is 7.52. The maximum absolute atomic E-state index is 10.9. The maximum Gasteiger partial charge on any atom is 0.351 e. The van der Waals surface area contributed by atoms with Crippen molar-refractivity contribution in [3.63, 3.8) is 0 Å². The van der Waals surface area contributed by atoms with Crippen molar-refractivity contribution in [1.82, 2.24) is 0 Å². The van der Waals surface area contributed by atoms with Crippen molar-refractivity contribution in [3.05, 3.63) is 34.3 Å². The van der Waals surface area contributed by atoms with Crippen molar-refractivity contribution in [3.8, 4) is 0 Å². The minimum Gasteiger partial charge on any atom is -0.478 e. The molecule has 1 N–H and O–H groups in total. The van der Waals surface area contributed by atoms with Gasteiger partial charge in [0, 0.05) is 10.9 Å². The van der Waals surface area contributed by atoms with Crippen LogP contribution < -0.4 is 0 Å². The van der Waals surface area contributed by atoms with Crippen molar-refractivity contribution in [1.29, 1.82) is 0 Å². The van der Waals surface area contributed by atoms with Gasteiger partial charge in [-0.15, -0.1) is 0 Å². The summed E-state index contributed by atoms with van der Waals surface area (Å²) in [5.74, 6) is -0.997. The van der Waals surface area contributed by atoms with E-state index < -0.39 is 11.6 Å². The Bertz CT molecular complexity index is 455. The molecular weight excluding hydrogens is 274 g/mol. The van der Waals surface area contributed by atoms with Crippen LogP contribution in [0.15, 0.2) is 33.9 Å². The van der Waals surface area contributed by atoms with Gasteiger partial charge in [-0.05, 0) is 24.6 Å². The van der Waals surface area contributed by atoms with E-state index in [1.54, 1.807) is 0 Å². The van der Waals surface area contributed by atoms with E-state index in [9.17, 15) is 4.79 Å². The first-order valence-electron chi connectivity index (χ1n) is 4.76. The molecule has 4 nitrogen and oxygen atoms in total. The highest BCUT2D eigenvalue weighted by molar-refractivity contribution is 9.10. The number of nitrogens with zero attached hydrogens (tertiary/aromatic N) is 1. The van der Waals surface area contributed by atoms with Crippen LogP contribution >= 0.6 is 15.9 Å². The van der Waals surface area contributed by atoms with E-state index in [0.717, 1.165) is 10.0 Å². The lowest BCUT2D eigenvalue weighted by atomic mass is 9.96. The molecule has 1 heterocycles. The first kappa shape index (κ1) is 11.1. The predicted octanol–water partition coefficient (Wildman–Crippen LogP) is 2.42. The molecule has 1 atom stereocenters. The number of carboxylic acids is 1. The van der Waals surface area contributed by atoms with Crippen molar-refractivity contribution < 1.29 is 14.7 Å². The summed E-state index contributed by atoms with van der Waals surface area (Å²) in [4.78, 5) is 15.9. The van der Waals surface area contributed by atoms with Gasteiger partial charge in [-0.1, -0.05) is 33.2 Å². The summed E-state index contributed by atoms with van der Waals surface area (Å²) in [6.45, 7) is 1.52. The van der Waals surface area contributed by atoms with Crippen LogP contribution in [-0.2, 0) is 9.63 Å². The Balaban J connectivity index is 2.20. The minimum atomic E-state index is -1.23. The number of hydrogen-bond donors (Lipinski definition) is 1. The topological polar surface area (TPSA) is 58.9 Å². The largest absolute Gasteiger partial charge is 0.478 e. The highest BCUT2D eigenvalue weighted by Crippen LogP contribution is 2.27. The zero-order valence-corrected chi connectivity index (χ0v) is 10.2. The number of halogens is 1. The monoisotopic (exact) mass is 283 g/mol. The number of aliphatic carboxylic acids is 1. The Morgan fingerprint density at radius 2 is 2.12 bits per heavy atom. The fourth-order valence-corrected chi connectivity index (χ4v) is 1.72. The molecule has 0 fully saturated rings. The number of carbonyl (C=O) groups is 1. The quantitative estimate of drug-likeness (QED) is 0.907. The molecule has 2 rings (SSSR count). The van der Waals surface area contributed by atoms with Gasteiger partial charge in [-0.25, -0.2) is 4.79 Å². The molecule has 0 bridgehead atoms. The normalized spacial score (nSPS) is 23.8. The van der Waals surface area contributed by atoms with Crippen LogP contribution in [0.2, 0.25) is 0 Å². The van der Waals surface area contributed by atoms with Crippen molar-refractivity contribution in [2.75, 3.05) is 0 Å². The lowest BCUT2D eigenvalue weighted by Gasteiger charge is -2.14. The van der Waals surface area contributed by atoms with Crippen LogP contribution in [-0.4, -0.2) is 22.4 Å². The maximum atomic E-state index is 10.9. The first-order chi connectivity index (χ1) is 7.51. The number of carboxylic acid groups (broad SMARTS) is 1. The van der Waals surface area contributed by atoms with E-state index in [4.69, 9.17) is 9.94 Å². The van der Waals surface area contributed by atoms with E-state index in [1.165, 1.54) is 6.92 Å². The van der Waals surface area contributed by atoms with Gasteiger partial charge in [-0.3, -0.25) is 0 Å². The predicted molar refractivity (Wildman–Crippen MR) is 62.4 cm³/mol. The molecule has 0 aliphatic carbocycles. The molecule has 1 aliphatic rings. The molecule has 1 unspecified atom stereocenters. The highest BCUT2D eigenvalue weighted by atomic mass is 79.9. The molecule has 1 aromatic carbocycles. The molecule has 0 amide bonds. The van der Waals surface area contributed by atoms with E-state index >= 15 is 0 Å². The summed E-state index contributed by atoms with van der Waals surface area (Å²) in [7, 11) is 0. The van der Waals surface area contributed by atoms with Crippen LogP contribution in [0.25, 0.3) is 0 Å². The number of rotatable bonds is 2. The van der Waals surface area contributed by atoms with Crippen molar-refractivity contribution in [2.45, 2.75) is 18.9 Å². The van der Waals surface area contributed by atoms with E-state index in [1.807, 2.05) is 24.3 Å². The van der Waals surface area contributed by atoms with Crippen molar-refractivity contribution >= 4 is 27.6 Å². The standard InChI is InChI=1S/C11H10BrNO3/c1-11(10(14)15)6-9(13-16-11)7-2-4-8(12)5-3-7/h2-5H,6H2,1H3,(H,14,15). The fraction of sp³-hybridized carbons (Fsp3) is 0.273. The lowest BCUT2D eigenvalue weighted by Crippen LogP contribution is -2.35. The molecule has 5 heteroatoms. The number of hydrogen-bond acceptors (Lipinski definition) is 3. The summed E-state index contributed by atoms with van der Waals surface area (Å²) in [5.41, 5.74) is 0.313. The zero-order valence-electron chi connectivity index (χ0n) is 8.61. The SMILES string of the molecule is CC1(C(=O)O)CC(c2ccc(Br)cc2)=NO1. The second kappa shape index (κ2) is 3.90. The van der Waals surface area contributed by atoms with Gasteiger partial charge in [0.1, 0.15) is 0 Å². The fourth-order valence-electron chi connectivity index (χ4n) is 1.45. The molecule has 0 radical (unpaired) electrons. The average molecular weight is 284 g/mol. The van der Waals surface area contributed by atoms with Gasteiger partial charge in [0.2, 0.25) is 5.60 Å². The molecule has 1 aliphatic heterocycles. The summed E-state index contributed by atoms with van der Waals surface area (Å²) in [5, 5.41) is 12.8. The molecule has 16 heavy (non-hydrogen) atoms. The zero-order chi connectivity index (χ0) is 11.8. The smallest absolute Gasteiger partial charge is 0.351 e. The van der Waals surface area contributed by atoms with Gasteiger partial charge < -0.3 is 9.94 Å². The third-order valence-corrected chi connectivity index (χ3v) is 3.02. The molecule has 0 saturated heterocycles. The highest BCUT2D eigenvalue weighted by Gasteiger charge is 2.42. The van der Waals surface area contributed by atoms with Gasteiger partial charge >= 0.3 is 5.97 Å². The second-order valence-electron chi connectivity index (χ2n) is 3.85. The summed E-state index contributed by atoms with van der Waals surface area (Å²) >= 11 is 3.33. The van der Waals surface area contributed by atoms with Crippen LogP contribution in [0.5, 0.6) is 0 Å². The Hall–Kier alpha value is -1.36. The molecule has 0 aromatic heterocycles. The molecular formula is C11H10BrNO3. The van der Waals surface area contributed by atoms with Gasteiger partial charge in [0.25, 0.3) is 0 Å². The Morgan fingerprint density at radius 3 is 2.62 bits per heavy atom. The number of oxime groups is 1. The third-order valence-electron chi connectivity index (χ3n) is 2.49. The van der Waals surface area contributed by atoms with Crippen LogP contribution in [0.4, 0.5) is 0 Å². The summed E-state index contributed by atoms with van der Waals surface area (Å²) < 4.78 is 0.969. The van der Waals surface area contributed by atoms with Crippen LogP contribution in [0, 0.1) is 0 Å². The van der Waals surface area contributed by atoms with Gasteiger partial charge in [0.05, 0.1) is 5.71 Å². The van der Waals surface area contributed by atoms with E-state index in [2.05, 4.69) is 21.1 Å². The molecule has 1 aromatic rings. The average Bonchev–Trinajstić information content (AvgIpc) is 2.63. The second-order valence-corrected chi connectivity index (χ2v) is 4.76. The van der Waals surface area contributed by atoms with Gasteiger partial charge in [0.15, 0.2) is 0 Å². The van der Waals surface area contributed by atoms with Crippen molar-refractivity contribution in [2.24, 2.45) is 5.16 Å². The Kier molecular flexibility index (Phi) is 2.71. The molecule has 0 spiro atoms.